The van der Waals surface area contributed by atoms with Crippen molar-refractivity contribution < 1.29 is 9.47 Å². The van der Waals surface area contributed by atoms with Gasteiger partial charge in [0.25, 0.3) is 0 Å². The molecule has 1 aliphatic heterocycles. The smallest absolute Gasteiger partial charge is 0.191 e. The lowest BCUT2D eigenvalue weighted by molar-refractivity contribution is -0.00683. The highest BCUT2D eigenvalue weighted by Gasteiger charge is 2.28. The SMILES string of the molecule is CCNC(=NCC(C)(C)N1CCOCC1)NCCOc1ccccc1C.I. The van der Waals surface area contributed by atoms with Crippen LogP contribution in [0.2, 0.25) is 0 Å². The Hall–Kier alpha value is -1.06. The van der Waals surface area contributed by atoms with Crippen LogP contribution < -0.4 is 15.4 Å². The van der Waals surface area contributed by atoms with E-state index < -0.39 is 0 Å². The molecular weight excluding hydrogens is 455 g/mol. The van der Waals surface area contributed by atoms with Crippen LogP contribution in [0, 0.1) is 6.92 Å². The first-order valence-corrected chi connectivity index (χ1v) is 9.56. The molecule has 2 rings (SSSR count). The van der Waals surface area contributed by atoms with Gasteiger partial charge in [-0.05, 0) is 39.3 Å². The standard InChI is InChI=1S/C20H34N4O2.HI/c1-5-21-19(22-10-13-26-18-9-7-6-8-17(18)2)23-16-20(3,4)24-11-14-25-15-12-24;/h6-9H,5,10-16H2,1-4H3,(H2,21,22,23);1H. The molecule has 154 valence electrons. The molecule has 7 heteroatoms. The Kier molecular flexibility index (Phi) is 11.0. The number of morpholine rings is 1. The Morgan fingerprint density at radius 1 is 1.22 bits per heavy atom. The third-order valence-corrected chi connectivity index (χ3v) is 4.58. The summed E-state index contributed by atoms with van der Waals surface area (Å²) < 4.78 is 11.3. The van der Waals surface area contributed by atoms with Crippen LogP contribution in [0.5, 0.6) is 5.75 Å². The van der Waals surface area contributed by atoms with E-state index >= 15 is 0 Å². The number of aliphatic imine (C=N–C) groups is 1. The van der Waals surface area contributed by atoms with Crippen molar-refractivity contribution in [2.45, 2.75) is 33.2 Å². The summed E-state index contributed by atoms with van der Waals surface area (Å²) in [4.78, 5) is 7.23. The second kappa shape index (κ2) is 12.4. The Morgan fingerprint density at radius 3 is 2.59 bits per heavy atom. The summed E-state index contributed by atoms with van der Waals surface area (Å²) in [6.45, 7) is 15.1. The van der Waals surface area contributed by atoms with E-state index in [0.29, 0.717) is 13.2 Å². The van der Waals surface area contributed by atoms with Crippen LogP contribution in [-0.2, 0) is 4.74 Å². The van der Waals surface area contributed by atoms with Gasteiger partial charge in [-0.2, -0.15) is 0 Å². The van der Waals surface area contributed by atoms with E-state index in [-0.39, 0.29) is 29.5 Å². The average molecular weight is 490 g/mol. The number of hydrogen-bond donors (Lipinski definition) is 2. The Morgan fingerprint density at radius 2 is 1.93 bits per heavy atom. The molecule has 0 amide bonds. The number of aryl methyl sites for hydroxylation is 1. The quantitative estimate of drug-likeness (QED) is 0.254. The monoisotopic (exact) mass is 490 g/mol. The number of nitrogens with zero attached hydrogens (tertiary/aromatic N) is 2. The molecule has 1 heterocycles. The predicted octanol–water partition coefficient (Wildman–Crippen LogP) is 2.66. The number of halogens is 1. The molecule has 0 aliphatic carbocycles. The van der Waals surface area contributed by atoms with Gasteiger partial charge in [0.15, 0.2) is 5.96 Å². The molecule has 1 fully saturated rings. The Bertz CT molecular complexity index is 575. The average Bonchev–Trinajstić information content (AvgIpc) is 2.65. The lowest BCUT2D eigenvalue weighted by atomic mass is 10.0. The maximum atomic E-state index is 5.84. The molecule has 0 bridgehead atoms. The molecule has 1 aliphatic rings. The molecule has 1 aromatic rings. The minimum Gasteiger partial charge on any atom is -0.491 e. The van der Waals surface area contributed by atoms with Crippen LogP contribution in [-0.4, -0.2) is 68.9 Å². The summed E-state index contributed by atoms with van der Waals surface area (Å²) in [6, 6.07) is 8.07. The van der Waals surface area contributed by atoms with Gasteiger partial charge >= 0.3 is 0 Å². The van der Waals surface area contributed by atoms with Crippen molar-refractivity contribution in [1.82, 2.24) is 15.5 Å². The van der Waals surface area contributed by atoms with Crippen LogP contribution in [0.4, 0.5) is 0 Å². The fraction of sp³-hybridized carbons (Fsp3) is 0.650. The van der Waals surface area contributed by atoms with Gasteiger partial charge in [0.05, 0.1) is 26.3 Å². The fourth-order valence-corrected chi connectivity index (χ4v) is 2.93. The first-order chi connectivity index (χ1) is 12.5. The van der Waals surface area contributed by atoms with E-state index in [0.717, 1.165) is 56.7 Å². The minimum absolute atomic E-state index is 0. The van der Waals surface area contributed by atoms with Crippen LogP contribution in [0.1, 0.15) is 26.3 Å². The van der Waals surface area contributed by atoms with Gasteiger partial charge < -0.3 is 20.1 Å². The second-order valence-electron chi connectivity index (χ2n) is 7.15. The minimum atomic E-state index is 0. The zero-order valence-electron chi connectivity index (χ0n) is 17.1. The third-order valence-electron chi connectivity index (χ3n) is 4.58. The van der Waals surface area contributed by atoms with E-state index in [2.05, 4.69) is 49.3 Å². The number of hydrogen-bond acceptors (Lipinski definition) is 4. The Labute approximate surface area is 181 Å². The number of nitrogens with one attached hydrogen (secondary N) is 2. The maximum Gasteiger partial charge on any atom is 0.191 e. The van der Waals surface area contributed by atoms with Crippen LogP contribution in [0.15, 0.2) is 29.3 Å². The molecule has 0 spiro atoms. The number of para-hydroxylation sites is 1. The van der Waals surface area contributed by atoms with E-state index in [1.54, 1.807) is 0 Å². The van der Waals surface area contributed by atoms with Gasteiger partial charge in [0.2, 0.25) is 0 Å². The number of ether oxygens (including phenoxy) is 2. The summed E-state index contributed by atoms with van der Waals surface area (Å²) in [5.41, 5.74) is 1.17. The highest BCUT2D eigenvalue weighted by atomic mass is 127. The first-order valence-electron chi connectivity index (χ1n) is 9.56. The van der Waals surface area contributed by atoms with Crippen molar-refractivity contribution in [3.05, 3.63) is 29.8 Å². The molecule has 1 saturated heterocycles. The van der Waals surface area contributed by atoms with Crippen molar-refractivity contribution in [3.63, 3.8) is 0 Å². The molecule has 27 heavy (non-hydrogen) atoms. The van der Waals surface area contributed by atoms with Crippen molar-refractivity contribution >= 4 is 29.9 Å². The fourth-order valence-electron chi connectivity index (χ4n) is 2.93. The van der Waals surface area contributed by atoms with Crippen LogP contribution in [0.3, 0.4) is 0 Å². The summed E-state index contributed by atoms with van der Waals surface area (Å²) in [5.74, 6) is 1.77. The summed E-state index contributed by atoms with van der Waals surface area (Å²) >= 11 is 0. The zero-order valence-corrected chi connectivity index (χ0v) is 19.4. The summed E-state index contributed by atoms with van der Waals surface area (Å²) in [6.07, 6.45) is 0. The molecule has 0 aromatic heterocycles. The van der Waals surface area contributed by atoms with E-state index in [9.17, 15) is 0 Å². The zero-order chi connectivity index (χ0) is 18.8. The number of benzene rings is 1. The number of guanidine groups is 1. The van der Waals surface area contributed by atoms with E-state index in [1.165, 1.54) is 0 Å². The second-order valence-corrected chi connectivity index (χ2v) is 7.15. The molecule has 2 N–H and O–H groups in total. The molecule has 1 aromatic carbocycles. The van der Waals surface area contributed by atoms with Crippen LogP contribution >= 0.6 is 24.0 Å². The van der Waals surface area contributed by atoms with Gasteiger partial charge in [0, 0.05) is 25.2 Å². The van der Waals surface area contributed by atoms with Crippen molar-refractivity contribution in [2.75, 3.05) is 52.5 Å². The molecule has 0 unspecified atom stereocenters. The normalized spacial score (nSPS) is 15.8. The Balaban J connectivity index is 0.00000364. The third kappa shape index (κ3) is 8.23. The molecule has 6 nitrogen and oxygen atoms in total. The van der Waals surface area contributed by atoms with Gasteiger partial charge in [-0.3, -0.25) is 9.89 Å². The molecular formula is C20H35IN4O2. The van der Waals surface area contributed by atoms with E-state index in [4.69, 9.17) is 14.5 Å². The van der Waals surface area contributed by atoms with Gasteiger partial charge in [-0.25, -0.2) is 0 Å². The lowest BCUT2D eigenvalue weighted by Gasteiger charge is -2.39. The van der Waals surface area contributed by atoms with Gasteiger partial charge in [-0.1, -0.05) is 18.2 Å². The van der Waals surface area contributed by atoms with Gasteiger partial charge in [-0.15, -0.1) is 24.0 Å². The molecule has 0 radical (unpaired) electrons. The molecule has 0 saturated carbocycles. The van der Waals surface area contributed by atoms with Crippen molar-refractivity contribution in [1.29, 1.82) is 0 Å². The summed E-state index contributed by atoms with van der Waals surface area (Å²) in [5, 5.41) is 6.66. The molecule has 0 atom stereocenters. The van der Waals surface area contributed by atoms with Crippen LogP contribution in [0.25, 0.3) is 0 Å². The maximum absolute atomic E-state index is 5.84. The summed E-state index contributed by atoms with van der Waals surface area (Å²) in [7, 11) is 0. The lowest BCUT2D eigenvalue weighted by Crippen LogP contribution is -2.52. The topological polar surface area (TPSA) is 58.1 Å². The van der Waals surface area contributed by atoms with Crippen molar-refractivity contribution in [3.8, 4) is 5.75 Å². The highest BCUT2D eigenvalue weighted by molar-refractivity contribution is 14.0. The highest BCUT2D eigenvalue weighted by Crippen LogP contribution is 2.17. The largest absolute Gasteiger partial charge is 0.491 e. The first kappa shape index (κ1) is 24.0. The predicted molar refractivity (Wildman–Crippen MR) is 123 cm³/mol. The van der Waals surface area contributed by atoms with E-state index in [1.807, 2.05) is 18.2 Å². The van der Waals surface area contributed by atoms with Gasteiger partial charge in [0.1, 0.15) is 12.4 Å². The number of rotatable bonds is 8. The van der Waals surface area contributed by atoms with Crippen molar-refractivity contribution in [2.24, 2.45) is 4.99 Å².